The molecular weight excluding hydrogens is 537 g/mol. The van der Waals surface area contributed by atoms with Gasteiger partial charge < -0.3 is 10.2 Å². The highest BCUT2D eigenvalue weighted by molar-refractivity contribution is 7.90. The van der Waals surface area contributed by atoms with Crippen molar-refractivity contribution in [3.05, 3.63) is 63.6 Å². The lowest BCUT2D eigenvalue weighted by molar-refractivity contribution is -0.141. The lowest BCUT2D eigenvalue weighted by Crippen LogP contribution is -2.53. The first-order valence-corrected chi connectivity index (χ1v) is 14.5. The number of halogens is 2. The molecule has 0 bridgehead atoms. The van der Waals surface area contributed by atoms with Gasteiger partial charge in [-0.25, -0.2) is 12.7 Å². The maximum atomic E-state index is 13.7. The summed E-state index contributed by atoms with van der Waals surface area (Å²) in [6.45, 7) is 0.904. The number of benzene rings is 2. The quantitative estimate of drug-likeness (QED) is 0.511. The van der Waals surface area contributed by atoms with E-state index in [0.717, 1.165) is 32.1 Å². The van der Waals surface area contributed by atoms with E-state index in [1.54, 1.807) is 31.2 Å². The highest BCUT2D eigenvalue weighted by atomic mass is 35.5. The smallest absolute Gasteiger partial charge is 0.269 e. The van der Waals surface area contributed by atoms with Crippen LogP contribution in [-0.4, -0.2) is 54.0 Å². The number of nitrogens with one attached hydrogen (secondary N) is 1. The highest BCUT2D eigenvalue weighted by Gasteiger charge is 2.43. The van der Waals surface area contributed by atoms with Crippen LogP contribution >= 0.6 is 23.2 Å². The fourth-order valence-electron chi connectivity index (χ4n) is 4.92. The Morgan fingerprint density at radius 1 is 1.05 bits per heavy atom. The van der Waals surface area contributed by atoms with Gasteiger partial charge in [0.25, 0.3) is 15.9 Å². The lowest BCUT2D eigenvalue weighted by Gasteiger charge is -2.33. The molecule has 2 aromatic carbocycles. The molecule has 3 amide bonds. The minimum Gasteiger partial charge on any atom is -0.352 e. The van der Waals surface area contributed by atoms with Crippen LogP contribution in [0.25, 0.3) is 0 Å². The Balaban J connectivity index is 1.64. The molecule has 0 unspecified atom stereocenters. The Morgan fingerprint density at radius 2 is 1.70 bits per heavy atom. The molecule has 4 rings (SSSR count). The van der Waals surface area contributed by atoms with Gasteiger partial charge in [0.15, 0.2) is 0 Å². The number of carbonyl (C=O) groups excluding carboxylic acids is 3. The van der Waals surface area contributed by atoms with E-state index < -0.39 is 34.4 Å². The van der Waals surface area contributed by atoms with E-state index in [-0.39, 0.29) is 35.4 Å². The third-order valence-corrected chi connectivity index (χ3v) is 9.41. The molecule has 2 aromatic rings. The number of hydrogen-bond donors (Lipinski definition) is 1. The summed E-state index contributed by atoms with van der Waals surface area (Å²) in [5.74, 6) is -1.81. The summed E-state index contributed by atoms with van der Waals surface area (Å²) in [6, 6.07) is 9.85. The van der Waals surface area contributed by atoms with Crippen LogP contribution < -0.4 is 5.32 Å². The van der Waals surface area contributed by atoms with Gasteiger partial charge in [0.2, 0.25) is 11.8 Å². The van der Waals surface area contributed by atoms with Crippen molar-refractivity contribution in [1.82, 2.24) is 14.5 Å². The number of sulfonamides is 1. The van der Waals surface area contributed by atoms with E-state index in [9.17, 15) is 22.8 Å². The maximum Gasteiger partial charge on any atom is 0.269 e. The van der Waals surface area contributed by atoms with Crippen LogP contribution in [0.15, 0.2) is 47.4 Å². The summed E-state index contributed by atoms with van der Waals surface area (Å²) in [5, 5.41) is 3.68. The van der Waals surface area contributed by atoms with E-state index in [4.69, 9.17) is 23.2 Å². The van der Waals surface area contributed by atoms with Gasteiger partial charge >= 0.3 is 0 Å². The van der Waals surface area contributed by atoms with Gasteiger partial charge in [-0.1, -0.05) is 67.6 Å². The van der Waals surface area contributed by atoms with Crippen LogP contribution in [0.5, 0.6) is 0 Å². The molecule has 37 heavy (non-hydrogen) atoms. The van der Waals surface area contributed by atoms with Gasteiger partial charge in [-0.3, -0.25) is 14.4 Å². The number of fused-ring (bicyclic) bond motifs is 1. The molecule has 1 heterocycles. The molecule has 1 aliphatic heterocycles. The van der Waals surface area contributed by atoms with E-state index in [1.165, 1.54) is 23.1 Å². The minimum atomic E-state index is -4.21. The highest BCUT2D eigenvalue weighted by Crippen LogP contribution is 2.31. The van der Waals surface area contributed by atoms with E-state index in [2.05, 4.69) is 5.32 Å². The van der Waals surface area contributed by atoms with Crippen LogP contribution in [0.4, 0.5) is 0 Å². The van der Waals surface area contributed by atoms with Crippen molar-refractivity contribution in [3.63, 3.8) is 0 Å². The number of nitrogens with zero attached hydrogens (tertiary/aromatic N) is 2. The van der Waals surface area contributed by atoms with Gasteiger partial charge in [0.05, 0.1) is 5.56 Å². The van der Waals surface area contributed by atoms with Crippen LogP contribution in [0.3, 0.4) is 0 Å². The third-order valence-electron chi connectivity index (χ3n) is 6.92. The molecule has 1 atom stereocenters. The van der Waals surface area contributed by atoms with Crippen molar-refractivity contribution in [2.24, 2.45) is 0 Å². The second-order valence-electron chi connectivity index (χ2n) is 9.30. The number of amides is 3. The molecular formula is C26H29Cl2N3O5S. The molecule has 1 aliphatic carbocycles. The van der Waals surface area contributed by atoms with Gasteiger partial charge in [-0.2, -0.15) is 0 Å². The van der Waals surface area contributed by atoms with Gasteiger partial charge in [-0.15, -0.1) is 0 Å². The Labute approximate surface area is 227 Å². The van der Waals surface area contributed by atoms with Crippen LogP contribution in [0, 0.1) is 0 Å². The summed E-state index contributed by atoms with van der Waals surface area (Å²) in [7, 11) is -4.21. The van der Waals surface area contributed by atoms with Crippen molar-refractivity contribution in [1.29, 1.82) is 0 Å². The van der Waals surface area contributed by atoms with Gasteiger partial charge in [-0.05, 0) is 43.5 Å². The second kappa shape index (κ2) is 11.4. The molecule has 0 radical (unpaired) electrons. The minimum absolute atomic E-state index is 0.0121. The predicted molar refractivity (Wildman–Crippen MR) is 141 cm³/mol. The maximum absolute atomic E-state index is 13.7. The molecule has 1 fully saturated rings. The van der Waals surface area contributed by atoms with Gasteiger partial charge in [0.1, 0.15) is 17.5 Å². The molecule has 2 aliphatic rings. The van der Waals surface area contributed by atoms with Crippen molar-refractivity contribution < 1.29 is 22.8 Å². The van der Waals surface area contributed by atoms with Crippen molar-refractivity contribution in [2.45, 2.75) is 69.0 Å². The molecule has 198 valence electrons. The Bertz CT molecular complexity index is 1290. The molecule has 11 heteroatoms. The number of hydrogen-bond acceptors (Lipinski definition) is 5. The molecule has 0 spiro atoms. The first-order chi connectivity index (χ1) is 17.6. The lowest BCUT2D eigenvalue weighted by atomic mass is 9.95. The summed E-state index contributed by atoms with van der Waals surface area (Å²) < 4.78 is 26.7. The molecule has 0 aromatic heterocycles. The topological polar surface area (TPSA) is 104 Å². The zero-order valence-corrected chi connectivity index (χ0v) is 22.8. The SMILES string of the molecule is CC[C@@H](C(=O)NC1CCCCC1)N(Cc1c(Cl)cccc1Cl)C(=O)CN1C(=O)c2ccccc2S1(=O)=O. The van der Waals surface area contributed by atoms with Crippen LogP contribution in [-0.2, 0) is 26.2 Å². The fraction of sp³-hybridized carbons (Fsp3) is 0.423. The monoisotopic (exact) mass is 565 g/mol. The van der Waals surface area contributed by atoms with Crippen LogP contribution in [0.1, 0.15) is 61.4 Å². The predicted octanol–water partition coefficient (Wildman–Crippen LogP) is 4.39. The van der Waals surface area contributed by atoms with E-state index in [0.29, 0.717) is 19.9 Å². The molecule has 1 N–H and O–H groups in total. The van der Waals surface area contributed by atoms with Crippen molar-refractivity contribution in [3.8, 4) is 0 Å². The van der Waals surface area contributed by atoms with Gasteiger partial charge in [0, 0.05) is 28.2 Å². The summed E-state index contributed by atoms with van der Waals surface area (Å²) in [6.07, 6.45) is 5.17. The second-order valence-corrected chi connectivity index (χ2v) is 11.9. The average molecular weight is 567 g/mol. The number of carbonyl (C=O) groups is 3. The summed E-state index contributed by atoms with van der Waals surface area (Å²) in [5.41, 5.74) is 0.445. The zero-order valence-electron chi connectivity index (χ0n) is 20.5. The average Bonchev–Trinajstić information content (AvgIpc) is 3.07. The standard InChI is InChI=1S/C26H29Cl2N3O5S/c1-2-22(25(33)29-17-9-4-3-5-10-17)30(15-19-20(27)12-8-13-21(19)28)24(32)16-31-26(34)18-11-6-7-14-23(18)37(31,35)36/h6-8,11-14,17,22H,2-5,9-10,15-16H2,1H3,(H,29,33)/t22-/m0/s1. The first kappa shape index (κ1) is 27.4. The Morgan fingerprint density at radius 3 is 2.32 bits per heavy atom. The summed E-state index contributed by atoms with van der Waals surface area (Å²) >= 11 is 12.8. The Hall–Kier alpha value is -2.62. The first-order valence-electron chi connectivity index (χ1n) is 12.3. The summed E-state index contributed by atoms with van der Waals surface area (Å²) in [4.78, 5) is 41.2. The van der Waals surface area contributed by atoms with E-state index >= 15 is 0 Å². The van der Waals surface area contributed by atoms with E-state index in [1.807, 2.05) is 0 Å². The third kappa shape index (κ3) is 5.63. The normalized spacial score (nSPS) is 17.8. The Kier molecular flexibility index (Phi) is 8.46. The van der Waals surface area contributed by atoms with Crippen molar-refractivity contribution >= 4 is 50.9 Å². The zero-order chi connectivity index (χ0) is 26.7. The number of rotatable bonds is 8. The largest absolute Gasteiger partial charge is 0.352 e. The molecule has 1 saturated carbocycles. The molecule has 8 nitrogen and oxygen atoms in total. The van der Waals surface area contributed by atoms with Crippen molar-refractivity contribution in [2.75, 3.05) is 6.54 Å². The molecule has 0 saturated heterocycles. The van der Waals surface area contributed by atoms with Crippen LogP contribution in [0.2, 0.25) is 10.0 Å². The fourth-order valence-corrected chi connectivity index (χ4v) is 6.95.